The van der Waals surface area contributed by atoms with Crippen molar-refractivity contribution in [2.24, 2.45) is 4.99 Å². The van der Waals surface area contributed by atoms with Crippen LogP contribution in [0.4, 0.5) is 21.9 Å². The standard InChI is InChI=1S/C23H29N5O3/c1-30-14-12-24-21-23(27-20-10-4-3-9-19(20)26-21)11-6-13-28(16-23)22(29)25-17-7-5-8-18(15-17)31-2/h3-5,7-10,15,27H,6,11-14,16H2,1-2H3,(H,24,26)(H,25,29). The maximum absolute atomic E-state index is 13.1. The summed E-state index contributed by atoms with van der Waals surface area (Å²) < 4.78 is 10.4. The van der Waals surface area contributed by atoms with Crippen molar-refractivity contribution >= 4 is 28.9 Å². The molecule has 1 saturated heterocycles. The molecule has 2 amide bonds. The first-order valence-electron chi connectivity index (χ1n) is 10.5. The van der Waals surface area contributed by atoms with Gasteiger partial charge in [0.15, 0.2) is 0 Å². The lowest BCUT2D eigenvalue weighted by Gasteiger charge is -2.47. The van der Waals surface area contributed by atoms with Crippen LogP contribution in [0.2, 0.25) is 0 Å². The molecule has 0 aromatic heterocycles. The van der Waals surface area contributed by atoms with Crippen molar-refractivity contribution in [2.45, 2.75) is 18.4 Å². The molecule has 1 unspecified atom stereocenters. The van der Waals surface area contributed by atoms with Crippen molar-refractivity contribution in [3.8, 4) is 5.75 Å². The first kappa shape index (κ1) is 21.0. The highest BCUT2D eigenvalue weighted by Crippen LogP contribution is 2.36. The van der Waals surface area contributed by atoms with Gasteiger partial charge in [-0.25, -0.2) is 4.79 Å². The second-order valence-electron chi connectivity index (χ2n) is 7.79. The Kier molecular flexibility index (Phi) is 6.27. The van der Waals surface area contributed by atoms with Crippen LogP contribution in [0.1, 0.15) is 12.8 Å². The van der Waals surface area contributed by atoms with Crippen molar-refractivity contribution in [2.75, 3.05) is 56.4 Å². The third-order valence-electron chi connectivity index (χ3n) is 5.67. The summed E-state index contributed by atoms with van der Waals surface area (Å²) in [6, 6.07) is 15.3. The summed E-state index contributed by atoms with van der Waals surface area (Å²) >= 11 is 0. The predicted octanol–water partition coefficient (Wildman–Crippen LogP) is 3.64. The summed E-state index contributed by atoms with van der Waals surface area (Å²) in [5.41, 5.74) is 2.25. The number of carbonyl (C=O) groups is 1. The van der Waals surface area contributed by atoms with Crippen molar-refractivity contribution in [3.63, 3.8) is 0 Å². The molecule has 2 aromatic carbocycles. The molecule has 2 aromatic rings. The van der Waals surface area contributed by atoms with Gasteiger partial charge in [-0.1, -0.05) is 18.2 Å². The minimum Gasteiger partial charge on any atom is -0.497 e. The highest BCUT2D eigenvalue weighted by atomic mass is 16.5. The Bertz CT molecular complexity index is 964. The van der Waals surface area contributed by atoms with E-state index >= 15 is 0 Å². The SMILES string of the molecule is COCCN=C1Nc2ccccc2NC12CCCN(C(=O)Nc1cccc(OC)c1)C2. The Hall–Kier alpha value is -3.26. The lowest BCUT2D eigenvalue weighted by Crippen LogP contribution is -2.63. The average molecular weight is 424 g/mol. The van der Waals surface area contributed by atoms with Crippen molar-refractivity contribution in [3.05, 3.63) is 48.5 Å². The molecule has 0 aliphatic carbocycles. The van der Waals surface area contributed by atoms with Crippen molar-refractivity contribution in [1.29, 1.82) is 0 Å². The third-order valence-corrected chi connectivity index (χ3v) is 5.67. The zero-order valence-electron chi connectivity index (χ0n) is 18.0. The molecule has 8 nitrogen and oxygen atoms in total. The molecule has 1 spiro atoms. The molecular weight excluding hydrogens is 394 g/mol. The van der Waals surface area contributed by atoms with Gasteiger partial charge in [0.1, 0.15) is 17.1 Å². The number of nitrogens with one attached hydrogen (secondary N) is 3. The van der Waals surface area contributed by atoms with Gasteiger partial charge in [0.25, 0.3) is 0 Å². The number of rotatable bonds is 5. The number of anilines is 3. The fourth-order valence-electron chi connectivity index (χ4n) is 4.13. The van der Waals surface area contributed by atoms with Crippen LogP contribution in [0.15, 0.2) is 53.5 Å². The van der Waals surface area contributed by atoms with E-state index in [-0.39, 0.29) is 6.03 Å². The molecule has 3 N–H and O–H groups in total. The molecule has 1 fully saturated rings. The molecule has 8 heteroatoms. The van der Waals surface area contributed by atoms with Crippen LogP contribution >= 0.6 is 0 Å². The van der Waals surface area contributed by atoms with Gasteiger partial charge in [-0.05, 0) is 37.1 Å². The van der Waals surface area contributed by atoms with E-state index in [1.54, 1.807) is 14.2 Å². The van der Waals surface area contributed by atoms with Gasteiger partial charge in [-0.15, -0.1) is 0 Å². The molecule has 4 rings (SSSR count). The molecule has 0 radical (unpaired) electrons. The number of likely N-dealkylation sites (tertiary alicyclic amines) is 1. The normalized spacial score (nSPS) is 21.2. The molecule has 164 valence electrons. The molecule has 1 atom stereocenters. The van der Waals surface area contributed by atoms with Crippen LogP contribution in [0, 0.1) is 0 Å². The molecule has 2 aliphatic rings. The Morgan fingerprint density at radius 1 is 1.19 bits per heavy atom. The monoisotopic (exact) mass is 423 g/mol. The molecule has 31 heavy (non-hydrogen) atoms. The van der Waals surface area contributed by atoms with Gasteiger partial charge in [0.2, 0.25) is 0 Å². The minimum absolute atomic E-state index is 0.135. The van der Waals surface area contributed by atoms with Crippen LogP contribution in [0.5, 0.6) is 5.75 Å². The van der Waals surface area contributed by atoms with Crippen LogP contribution in [-0.4, -0.2) is 62.8 Å². The Morgan fingerprint density at radius 2 is 2.03 bits per heavy atom. The number of carbonyl (C=O) groups excluding carboxylic acids is 1. The van der Waals surface area contributed by atoms with Gasteiger partial charge in [0, 0.05) is 25.4 Å². The van der Waals surface area contributed by atoms with Crippen LogP contribution < -0.4 is 20.7 Å². The van der Waals surface area contributed by atoms with Crippen molar-refractivity contribution < 1.29 is 14.3 Å². The number of aliphatic imine (C=N–C) groups is 1. The van der Waals surface area contributed by atoms with Crippen LogP contribution in [-0.2, 0) is 4.74 Å². The lowest BCUT2D eigenvalue weighted by molar-refractivity contribution is 0.186. The Morgan fingerprint density at radius 3 is 2.84 bits per heavy atom. The molecule has 2 heterocycles. The first-order valence-corrected chi connectivity index (χ1v) is 10.5. The van der Waals surface area contributed by atoms with Crippen molar-refractivity contribution in [1.82, 2.24) is 4.90 Å². The summed E-state index contributed by atoms with van der Waals surface area (Å²) in [6.07, 6.45) is 1.74. The maximum Gasteiger partial charge on any atom is 0.321 e. The lowest BCUT2D eigenvalue weighted by atomic mass is 9.85. The third kappa shape index (κ3) is 4.59. The quantitative estimate of drug-likeness (QED) is 0.639. The summed E-state index contributed by atoms with van der Waals surface area (Å²) in [7, 11) is 3.28. The van der Waals surface area contributed by atoms with Gasteiger partial charge >= 0.3 is 6.03 Å². The summed E-state index contributed by atoms with van der Waals surface area (Å²) in [5, 5.41) is 10.2. The molecule has 0 bridgehead atoms. The molecular formula is C23H29N5O3. The predicted molar refractivity (Wildman–Crippen MR) is 123 cm³/mol. The van der Waals surface area contributed by atoms with E-state index in [2.05, 4.69) is 16.0 Å². The van der Waals surface area contributed by atoms with E-state index in [0.717, 1.165) is 30.1 Å². The van der Waals surface area contributed by atoms with E-state index in [1.807, 2.05) is 53.4 Å². The number of nitrogens with zero attached hydrogens (tertiary/aromatic N) is 2. The molecule has 2 aliphatic heterocycles. The van der Waals surface area contributed by atoms with E-state index in [1.165, 1.54) is 0 Å². The minimum atomic E-state index is -0.466. The highest BCUT2D eigenvalue weighted by Gasteiger charge is 2.44. The topological polar surface area (TPSA) is 87.2 Å². The maximum atomic E-state index is 13.1. The van der Waals surface area contributed by atoms with E-state index in [9.17, 15) is 4.79 Å². The van der Waals surface area contributed by atoms with E-state index in [0.29, 0.717) is 37.7 Å². The Labute approximate surface area is 182 Å². The van der Waals surface area contributed by atoms with Gasteiger partial charge in [0.05, 0.1) is 38.2 Å². The number of piperidine rings is 1. The number of para-hydroxylation sites is 2. The van der Waals surface area contributed by atoms with Gasteiger partial charge in [-0.3, -0.25) is 4.99 Å². The fraction of sp³-hybridized carbons (Fsp3) is 0.391. The number of amidine groups is 1. The number of hydrogen-bond donors (Lipinski definition) is 3. The first-order chi connectivity index (χ1) is 15.1. The molecule has 0 saturated carbocycles. The Balaban J connectivity index is 1.56. The number of fused-ring (bicyclic) bond motifs is 1. The summed E-state index contributed by atoms with van der Waals surface area (Å²) in [6.45, 7) is 2.30. The zero-order valence-corrected chi connectivity index (χ0v) is 18.0. The smallest absolute Gasteiger partial charge is 0.321 e. The largest absolute Gasteiger partial charge is 0.497 e. The second-order valence-corrected chi connectivity index (χ2v) is 7.79. The number of methoxy groups -OCH3 is 2. The van der Waals surface area contributed by atoms with Gasteiger partial charge in [-0.2, -0.15) is 0 Å². The summed E-state index contributed by atoms with van der Waals surface area (Å²) in [4.78, 5) is 19.7. The number of hydrogen-bond acceptors (Lipinski definition) is 5. The van der Waals surface area contributed by atoms with E-state index < -0.39 is 5.54 Å². The second kappa shape index (κ2) is 9.26. The van der Waals surface area contributed by atoms with Crippen LogP contribution in [0.25, 0.3) is 0 Å². The number of benzene rings is 2. The number of ether oxygens (including phenoxy) is 2. The average Bonchev–Trinajstić information content (AvgIpc) is 2.80. The summed E-state index contributed by atoms with van der Waals surface area (Å²) in [5.74, 6) is 1.55. The van der Waals surface area contributed by atoms with Gasteiger partial charge < -0.3 is 30.3 Å². The van der Waals surface area contributed by atoms with Crippen LogP contribution in [0.3, 0.4) is 0 Å². The fourth-order valence-corrected chi connectivity index (χ4v) is 4.13. The number of urea groups is 1. The highest BCUT2D eigenvalue weighted by molar-refractivity contribution is 6.10. The number of amides is 2. The van der Waals surface area contributed by atoms with E-state index in [4.69, 9.17) is 14.5 Å². The zero-order chi connectivity index (χ0) is 21.7.